The van der Waals surface area contributed by atoms with Gasteiger partial charge >= 0.3 is 6.09 Å². The van der Waals surface area contributed by atoms with Crippen molar-refractivity contribution in [1.82, 2.24) is 10.3 Å². The van der Waals surface area contributed by atoms with Crippen molar-refractivity contribution >= 4 is 29.1 Å². The van der Waals surface area contributed by atoms with Crippen molar-refractivity contribution in [3.63, 3.8) is 0 Å². The van der Waals surface area contributed by atoms with E-state index in [1.807, 2.05) is 20.8 Å². The molecule has 4 N–H and O–H groups in total. The first kappa shape index (κ1) is 17.7. The summed E-state index contributed by atoms with van der Waals surface area (Å²) >= 11 is 5.81. The van der Waals surface area contributed by atoms with Crippen LogP contribution < -0.4 is 16.4 Å². The van der Waals surface area contributed by atoms with Crippen molar-refractivity contribution < 1.29 is 9.53 Å². The maximum absolute atomic E-state index is 11.9. The minimum absolute atomic E-state index is 0.0950. The molecule has 1 aliphatic rings. The van der Waals surface area contributed by atoms with E-state index in [4.69, 9.17) is 22.1 Å². The van der Waals surface area contributed by atoms with Crippen LogP contribution in [0, 0.1) is 0 Å². The van der Waals surface area contributed by atoms with Crippen LogP contribution in [0.5, 0.6) is 0 Å². The molecule has 0 unspecified atom stereocenters. The summed E-state index contributed by atoms with van der Waals surface area (Å²) in [4.78, 5) is 15.9. The summed E-state index contributed by atoms with van der Waals surface area (Å²) in [6, 6.07) is 1.95. The first-order valence-electron chi connectivity index (χ1n) is 7.90. The highest BCUT2D eigenvalue weighted by atomic mass is 35.5. The lowest BCUT2D eigenvalue weighted by atomic mass is 9.91. The molecule has 0 aliphatic heterocycles. The Hall–Kier alpha value is -1.69. The highest BCUT2D eigenvalue weighted by Crippen LogP contribution is 2.26. The number of hydrogen-bond donors (Lipinski definition) is 3. The lowest BCUT2D eigenvalue weighted by molar-refractivity contribution is 0.0492. The fourth-order valence-electron chi connectivity index (χ4n) is 2.71. The first-order valence-corrected chi connectivity index (χ1v) is 8.28. The number of ether oxygens (including phenoxy) is 1. The number of nitrogens with one attached hydrogen (secondary N) is 2. The van der Waals surface area contributed by atoms with Crippen molar-refractivity contribution in [3.05, 3.63) is 17.4 Å². The molecule has 0 saturated heterocycles. The topological polar surface area (TPSA) is 89.3 Å². The molecule has 1 amide bonds. The Kier molecular flexibility index (Phi) is 5.57. The number of hydrogen-bond acceptors (Lipinski definition) is 5. The molecule has 128 valence electrons. The lowest BCUT2D eigenvalue weighted by Crippen LogP contribution is -2.43. The molecule has 1 saturated carbocycles. The largest absolute Gasteiger partial charge is 0.444 e. The van der Waals surface area contributed by atoms with Crippen LogP contribution in [0.1, 0.15) is 46.5 Å². The average Bonchev–Trinajstić information content (AvgIpc) is 2.40. The lowest BCUT2D eigenvalue weighted by Gasteiger charge is -2.31. The molecule has 0 bridgehead atoms. The monoisotopic (exact) mass is 340 g/mol. The number of amides is 1. The minimum atomic E-state index is -0.486. The first-order chi connectivity index (χ1) is 10.7. The molecule has 2 atom stereocenters. The molecule has 2 rings (SSSR count). The number of alkyl carbamates (subject to hydrolysis) is 1. The van der Waals surface area contributed by atoms with E-state index < -0.39 is 5.60 Å². The second-order valence-electron chi connectivity index (χ2n) is 6.95. The van der Waals surface area contributed by atoms with Crippen LogP contribution in [0.2, 0.25) is 5.15 Å². The number of rotatable bonds is 3. The maximum Gasteiger partial charge on any atom is 0.407 e. The zero-order valence-electron chi connectivity index (χ0n) is 13.9. The number of carbonyl (C=O) groups excluding carboxylic acids is 1. The van der Waals surface area contributed by atoms with Gasteiger partial charge in [-0.15, -0.1) is 0 Å². The number of anilines is 2. The fraction of sp³-hybridized carbons (Fsp3) is 0.625. The molecule has 1 aliphatic carbocycles. The van der Waals surface area contributed by atoms with Gasteiger partial charge in [0, 0.05) is 18.2 Å². The van der Waals surface area contributed by atoms with Gasteiger partial charge in [0.25, 0.3) is 0 Å². The number of pyridine rings is 1. The van der Waals surface area contributed by atoms with E-state index in [-0.39, 0.29) is 18.2 Å². The highest BCUT2D eigenvalue weighted by Gasteiger charge is 2.25. The van der Waals surface area contributed by atoms with Crippen molar-refractivity contribution in [1.29, 1.82) is 0 Å². The summed E-state index contributed by atoms with van der Waals surface area (Å²) < 4.78 is 5.31. The number of carbonyl (C=O) groups is 1. The normalized spacial score (nSPS) is 21.6. The smallest absolute Gasteiger partial charge is 0.407 e. The van der Waals surface area contributed by atoms with Gasteiger partial charge in [-0.1, -0.05) is 11.6 Å². The Morgan fingerprint density at radius 2 is 2.09 bits per heavy atom. The third kappa shape index (κ3) is 5.78. The van der Waals surface area contributed by atoms with E-state index in [0.29, 0.717) is 10.8 Å². The quantitative estimate of drug-likeness (QED) is 0.732. The van der Waals surface area contributed by atoms with Crippen molar-refractivity contribution in [2.45, 2.75) is 64.1 Å². The maximum atomic E-state index is 11.9. The molecule has 1 heterocycles. The van der Waals surface area contributed by atoms with Crippen LogP contribution in [0.4, 0.5) is 16.2 Å². The molecule has 23 heavy (non-hydrogen) atoms. The number of halogens is 1. The summed E-state index contributed by atoms with van der Waals surface area (Å²) in [5.41, 5.74) is 6.81. The van der Waals surface area contributed by atoms with Gasteiger partial charge in [-0.3, -0.25) is 0 Å². The Bertz CT molecular complexity index is 560. The molecule has 0 radical (unpaired) electrons. The molecular formula is C16H25ClN4O2. The van der Waals surface area contributed by atoms with E-state index in [1.54, 1.807) is 12.3 Å². The molecule has 0 aromatic carbocycles. The molecule has 1 fully saturated rings. The van der Waals surface area contributed by atoms with Gasteiger partial charge in [0.15, 0.2) is 0 Å². The molecule has 6 nitrogen and oxygen atoms in total. The summed E-state index contributed by atoms with van der Waals surface area (Å²) in [5.74, 6) is 0. The van der Waals surface area contributed by atoms with Gasteiger partial charge in [0.2, 0.25) is 0 Å². The predicted octanol–water partition coefficient (Wildman–Crippen LogP) is 3.57. The molecular weight excluding hydrogens is 316 g/mol. The number of nitrogen functional groups attached to an aromatic ring is 1. The predicted molar refractivity (Wildman–Crippen MR) is 92.7 cm³/mol. The zero-order valence-corrected chi connectivity index (χ0v) is 14.6. The third-order valence-corrected chi connectivity index (χ3v) is 3.86. The van der Waals surface area contributed by atoms with E-state index in [2.05, 4.69) is 15.6 Å². The minimum Gasteiger partial charge on any atom is -0.444 e. The fourth-order valence-corrected chi connectivity index (χ4v) is 2.88. The Morgan fingerprint density at radius 3 is 2.74 bits per heavy atom. The van der Waals surface area contributed by atoms with Gasteiger partial charge < -0.3 is 21.1 Å². The number of nitrogens with two attached hydrogens (primary N) is 1. The van der Waals surface area contributed by atoms with E-state index in [9.17, 15) is 4.79 Å². The summed E-state index contributed by atoms with van der Waals surface area (Å²) in [6.45, 7) is 5.57. The van der Waals surface area contributed by atoms with Crippen LogP contribution in [-0.4, -0.2) is 28.8 Å². The van der Waals surface area contributed by atoms with Gasteiger partial charge in [-0.2, -0.15) is 0 Å². The van der Waals surface area contributed by atoms with Crippen LogP contribution in [0.3, 0.4) is 0 Å². The van der Waals surface area contributed by atoms with Gasteiger partial charge in [0.1, 0.15) is 10.8 Å². The Balaban J connectivity index is 1.89. The SMILES string of the molecule is CC(C)(C)OC(=O)N[C@H]1CCC[C@@H](Nc2cnc(Cl)cc2N)C1. The second-order valence-corrected chi connectivity index (χ2v) is 7.33. The standard InChI is InChI=1S/C16H25ClN4O2/c1-16(2,3)23-15(22)21-11-6-4-5-10(7-11)20-13-9-19-14(17)8-12(13)18/h8-11,20H,4-7H2,1-3H3,(H2,18,19)(H,21,22)/t10-,11+/m1/s1. The molecule has 7 heteroatoms. The van der Waals surface area contributed by atoms with Crippen LogP contribution in [-0.2, 0) is 4.74 Å². The second kappa shape index (κ2) is 7.25. The van der Waals surface area contributed by atoms with Gasteiger partial charge in [0.05, 0.1) is 17.6 Å². The van der Waals surface area contributed by atoms with Crippen LogP contribution in [0.15, 0.2) is 12.3 Å². The van der Waals surface area contributed by atoms with Crippen molar-refractivity contribution in [3.8, 4) is 0 Å². The van der Waals surface area contributed by atoms with Crippen molar-refractivity contribution in [2.24, 2.45) is 0 Å². The summed E-state index contributed by atoms with van der Waals surface area (Å²) in [6.07, 6.45) is 5.10. The third-order valence-electron chi connectivity index (χ3n) is 3.66. The summed E-state index contributed by atoms with van der Waals surface area (Å²) in [7, 11) is 0. The van der Waals surface area contributed by atoms with Crippen LogP contribution in [0.25, 0.3) is 0 Å². The van der Waals surface area contributed by atoms with Gasteiger partial charge in [-0.25, -0.2) is 9.78 Å². The Morgan fingerprint density at radius 1 is 1.39 bits per heavy atom. The van der Waals surface area contributed by atoms with Gasteiger partial charge in [-0.05, 0) is 46.5 Å². The van der Waals surface area contributed by atoms with Crippen LogP contribution >= 0.6 is 11.6 Å². The molecule has 1 aromatic rings. The van der Waals surface area contributed by atoms with E-state index >= 15 is 0 Å². The van der Waals surface area contributed by atoms with Crippen molar-refractivity contribution in [2.75, 3.05) is 11.1 Å². The number of aromatic nitrogens is 1. The molecule has 0 spiro atoms. The molecule has 1 aromatic heterocycles. The summed E-state index contributed by atoms with van der Waals surface area (Å²) in [5, 5.41) is 6.71. The average molecular weight is 341 g/mol. The van der Waals surface area contributed by atoms with E-state index in [1.165, 1.54) is 0 Å². The number of nitrogens with zero attached hydrogens (tertiary/aromatic N) is 1. The highest BCUT2D eigenvalue weighted by molar-refractivity contribution is 6.29. The zero-order chi connectivity index (χ0) is 17.0. The van der Waals surface area contributed by atoms with E-state index in [0.717, 1.165) is 31.4 Å². The Labute approximate surface area is 142 Å².